The van der Waals surface area contributed by atoms with Crippen LogP contribution in [0.25, 0.3) is 0 Å². The van der Waals surface area contributed by atoms with Crippen LogP contribution in [0.4, 0.5) is 0 Å². The monoisotopic (exact) mass is 493 g/mol. The van der Waals surface area contributed by atoms with E-state index >= 15 is 0 Å². The molecule has 2 aromatic rings. The van der Waals surface area contributed by atoms with Crippen LogP contribution in [-0.4, -0.2) is 48.7 Å². The van der Waals surface area contributed by atoms with Gasteiger partial charge in [0.05, 0.1) is 19.1 Å². The summed E-state index contributed by atoms with van der Waals surface area (Å²) in [6.07, 6.45) is 4.40. The number of hydrogen-bond donors (Lipinski definition) is 0. The SMILES string of the molecule is O=C1c2cc(Cc3ccccc3)ccc2CC1[CH-]C(=O)N1CCC2(CC1)OCCO2.[Y]. The van der Waals surface area contributed by atoms with Gasteiger partial charge in [0.25, 0.3) is 0 Å². The molecule has 0 N–H and O–H groups in total. The second kappa shape index (κ2) is 9.54. The minimum absolute atomic E-state index is 0. The van der Waals surface area contributed by atoms with Crippen LogP contribution in [0.1, 0.15) is 39.9 Å². The van der Waals surface area contributed by atoms with Gasteiger partial charge < -0.3 is 19.2 Å². The molecule has 31 heavy (non-hydrogen) atoms. The van der Waals surface area contributed by atoms with Crippen molar-refractivity contribution in [3.05, 3.63) is 77.2 Å². The number of amides is 1. The van der Waals surface area contributed by atoms with Crippen LogP contribution in [0.2, 0.25) is 0 Å². The largest absolute Gasteiger partial charge is 0.367 e. The maximum Gasteiger partial charge on any atom is 0.171 e. The summed E-state index contributed by atoms with van der Waals surface area (Å²) in [6.45, 7) is 2.46. The zero-order valence-electron chi connectivity index (χ0n) is 17.6. The number of ketones is 1. The molecule has 1 radical (unpaired) electrons. The van der Waals surface area contributed by atoms with E-state index in [1.54, 1.807) is 6.42 Å². The smallest absolute Gasteiger partial charge is 0.171 e. The van der Waals surface area contributed by atoms with Crippen molar-refractivity contribution in [1.29, 1.82) is 0 Å². The van der Waals surface area contributed by atoms with Crippen molar-refractivity contribution in [2.24, 2.45) is 5.92 Å². The first-order chi connectivity index (χ1) is 14.6. The maximum atomic E-state index is 13.0. The first-order valence-corrected chi connectivity index (χ1v) is 10.7. The molecule has 3 aliphatic rings. The van der Waals surface area contributed by atoms with Crippen LogP contribution >= 0.6 is 0 Å². The molecule has 1 atom stereocenters. The fraction of sp³-hybridized carbons (Fsp3) is 0.400. The van der Waals surface area contributed by atoms with E-state index in [9.17, 15) is 9.59 Å². The Morgan fingerprint density at radius 1 is 1.03 bits per heavy atom. The van der Waals surface area contributed by atoms with Gasteiger partial charge in [-0.15, -0.1) is 0 Å². The van der Waals surface area contributed by atoms with Gasteiger partial charge in [-0.05, 0) is 35.6 Å². The summed E-state index contributed by atoms with van der Waals surface area (Å²) in [5.41, 5.74) is 4.15. The van der Waals surface area contributed by atoms with E-state index in [4.69, 9.17) is 9.47 Å². The molecular weight excluding hydrogens is 467 g/mol. The van der Waals surface area contributed by atoms with Crippen LogP contribution < -0.4 is 0 Å². The average Bonchev–Trinajstić information content (AvgIpc) is 3.34. The third-order valence-electron chi connectivity index (χ3n) is 6.46. The van der Waals surface area contributed by atoms with Gasteiger partial charge in [0, 0.05) is 64.2 Å². The molecule has 0 saturated carbocycles. The Hall–Kier alpha value is -1.53. The standard InChI is InChI=1S/C25H26NO4.Y/c27-23(26-10-8-25(9-11-26)29-12-13-30-25)17-21-16-20-7-6-19(15-22(20)24(21)28)14-18-4-2-1-3-5-18;/h1-7,15,17,21H,8-14,16H2;/q-1;. The number of hydrogen-bond acceptors (Lipinski definition) is 4. The number of carbonyl (C=O) groups is 2. The fourth-order valence-corrected chi connectivity index (χ4v) is 4.77. The Kier molecular flexibility index (Phi) is 6.97. The van der Waals surface area contributed by atoms with E-state index < -0.39 is 5.79 Å². The Balaban J connectivity index is 0.00000231. The zero-order valence-corrected chi connectivity index (χ0v) is 20.4. The maximum absolute atomic E-state index is 13.0. The van der Waals surface area contributed by atoms with E-state index in [0.29, 0.717) is 45.6 Å². The van der Waals surface area contributed by atoms with Gasteiger partial charge in [0.1, 0.15) is 5.78 Å². The van der Waals surface area contributed by atoms with E-state index in [-0.39, 0.29) is 50.3 Å². The summed E-state index contributed by atoms with van der Waals surface area (Å²) in [4.78, 5) is 27.6. The Labute approximate surface area is 208 Å². The second-order valence-electron chi connectivity index (χ2n) is 8.43. The van der Waals surface area contributed by atoms with Crippen molar-refractivity contribution >= 4 is 11.7 Å². The van der Waals surface area contributed by atoms with Crippen molar-refractivity contribution in [3.8, 4) is 0 Å². The van der Waals surface area contributed by atoms with Crippen molar-refractivity contribution < 1.29 is 51.8 Å². The summed E-state index contributed by atoms with van der Waals surface area (Å²) >= 11 is 0. The molecule has 6 heteroatoms. The molecule has 2 heterocycles. The number of ether oxygens (including phenoxy) is 2. The molecule has 1 spiro atoms. The van der Waals surface area contributed by atoms with Crippen LogP contribution in [0.3, 0.4) is 0 Å². The molecule has 2 aliphatic heterocycles. The normalized spacial score (nSPS) is 21.6. The van der Waals surface area contributed by atoms with Crippen molar-refractivity contribution in [1.82, 2.24) is 4.90 Å². The van der Waals surface area contributed by atoms with Crippen molar-refractivity contribution in [2.45, 2.75) is 31.5 Å². The summed E-state index contributed by atoms with van der Waals surface area (Å²) in [5, 5.41) is 0. The first kappa shape index (κ1) is 22.7. The van der Waals surface area contributed by atoms with Gasteiger partial charge in [0.15, 0.2) is 5.79 Å². The van der Waals surface area contributed by atoms with Gasteiger partial charge in [-0.25, -0.2) is 0 Å². The predicted octanol–water partition coefficient (Wildman–Crippen LogP) is 3.20. The molecule has 1 aliphatic carbocycles. The summed E-state index contributed by atoms with van der Waals surface area (Å²) in [6, 6.07) is 16.4. The number of carbonyl (C=O) groups excluding carboxylic acids is 2. The number of likely N-dealkylation sites (tertiary alicyclic amines) is 1. The molecule has 5 rings (SSSR count). The second-order valence-corrected chi connectivity index (χ2v) is 8.43. The Bertz CT molecular complexity index is 945. The van der Waals surface area contributed by atoms with Gasteiger partial charge in [0.2, 0.25) is 0 Å². The van der Waals surface area contributed by atoms with Crippen LogP contribution in [0.15, 0.2) is 48.5 Å². The van der Waals surface area contributed by atoms with Crippen LogP contribution in [-0.2, 0) is 59.8 Å². The quantitative estimate of drug-likeness (QED) is 0.615. The number of fused-ring (bicyclic) bond motifs is 1. The average molecular weight is 493 g/mol. The molecule has 1 amide bonds. The number of rotatable bonds is 4. The van der Waals surface area contributed by atoms with Crippen molar-refractivity contribution in [3.63, 3.8) is 0 Å². The fourth-order valence-electron chi connectivity index (χ4n) is 4.77. The number of nitrogens with zero attached hydrogens (tertiary/aromatic N) is 1. The molecule has 2 fully saturated rings. The van der Waals surface area contributed by atoms with Crippen LogP contribution in [0.5, 0.6) is 0 Å². The number of benzene rings is 2. The number of Topliss-reactive ketones (excluding diaryl/α,β-unsaturated/α-hetero) is 1. The third kappa shape index (κ3) is 4.80. The molecular formula is C25H26NO4Y-. The minimum Gasteiger partial charge on any atom is -0.367 e. The molecule has 5 nitrogen and oxygen atoms in total. The van der Waals surface area contributed by atoms with Gasteiger partial charge in [-0.2, -0.15) is 0 Å². The molecule has 2 aromatic carbocycles. The van der Waals surface area contributed by atoms with Gasteiger partial charge in [-0.1, -0.05) is 48.4 Å². The van der Waals surface area contributed by atoms with Crippen LogP contribution in [0, 0.1) is 12.3 Å². The third-order valence-corrected chi connectivity index (χ3v) is 6.46. The molecule has 2 saturated heterocycles. The first-order valence-electron chi connectivity index (χ1n) is 10.7. The predicted molar refractivity (Wildman–Crippen MR) is 112 cm³/mol. The summed E-state index contributed by atoms with van der Waals surface area (Å²) < 4.78 is 11.5. The van der Waals surface area contributed by atoms with E-state index in [2.05, 4.69) is 18.2 Å². The van der Waals surface area contributed by atoms with Gasteiger partial charge >= 0.3 is 0 Å². The minimum atomic E-state index is -0.495. The zero-order chi connectivity index (χ0) is 20.6. The van der Waals surface area contributed by atoms with E-state index in [0.717, 1.165) is 23.1 Å². The summed E-state index contributed by atoms with van der Waals surface area (Å²) in [7, 11) is 0. The number of piperidine rings is 1. The van der Waals surface area contributed by atoms with Gasteiger partial charge in [-0.3, -0.25) is 11.2 Å². The molecule has 0 aromatic heterocycles. The Morgan fingerprint density at radius 3 is 2.45 bits per heavy atom. The van der Waals surface area contributed by atoms with E-state index in [1.807, 2.05) is 35.2 Å². The molecule has 159 valence electrons. The topological polar surface area (TPSA) is 55.8 Å². The van der Waals surface area contributed by atoms with Crippen molar-refractivity contribution in [2.75, 3.05) is 26.3 Å². The molecule has 0 bridgehead atoms. The molecule has 1 unspecified atom stereocenters. The summed E-state index contributed by atoms with van der Waals surface area (Å²) in [5.74, 6) is -0.859. The Morgan fingerprint density at radius 2 is 1.74 bits per heavy atom. The van der Waals surface area contributed by atoms with E-state index in [1.165, 1.54) is 5.56 Å².